The Morgan fingerprint density at radius 2 is 1.81 bits per heavy atom. The molecule has 1 fully saturated rings. The van der Waals surface area contributed by atoms with Crippen molar-refractivity contribution in [2.24, 2.45) is 11.8 Å². The summed E-state index contributed by atoms with van der Waals surface area (Å²) in [7, 11) is 0. The van der Waals surface area contributed by atoms with E-state index in [0.717, 1.165) is 5.56 Å². The molecule has 4 atom stereocenters. The van der Waals surface area contributed by atoms with E-state index in [2.05, 4.69) is 10.6 Å². The summed E-state index contributed by atoms with van der Waals surface area (Å²) in [5.41, 5.74) is 0.977. The number of alkyl carbamates (subject to hydrolysis) is 1. The first-order valence-corrected chi connectivity index (χ1v) is 14.1. The highest BCUT2D eigenvalue weighted by Crippen LogP contribution is 2.26. The first-order chi connectivity index (χ1) is 17.0. The number of rotatable bonds is 13. The van der Waals surface area contributed by atoms with Gasteiger partial charge in [0.2, 0.25) is 11.8 Å². The van der Waals surface area contributed by atoms with E-state index in [4.69, 9.17) is 4.74 Å². The van der Waals surface area contributed by atoms with Gasteiger partial charge in [0, 0.05) is 12.0 Å². The smallest absolute Gasteiger partial charge is 0.407 e. The average Bonchev–Trinajstić information content (AvgIpc) is 3.11. The lowest BCUT2D eigenvalue weighted by atomic mass is 9.94. The second-order valence-corrected chi connectivity index (χ2v) is 11.1. The molecule has 2 N–H and O–H groups in total. The van der Waals surface area contributed by atoms with Crippen LogP contribution in [0.1, 0.15) is 53.0 Å². The topological polar surface area (TPSA) is 105 Å². The van der Waals surface area contributed by atoms with Gasteiger partial charge in [-0.2, -0.15) is 11.8 Å². The Labute approximate surface area is 219 Å². The lowest BCUT2D eigenvalue weighted by molar-refractivity contribution is -0.141. The van der Waals surface area contributed by atoms with Gasteiger partial charge in [-0.1, -0.05) is 58.0 Å². The minimum absolute atomic E-state index is 0.00144. The van der Waals surface area contributed by atoms with Crippen molar-refractivity contribution in [3.05, 3.63) is 35.9 Å². The van der Waals surface area contributed by atoms with E-state index in [0.29, 0.717) is 25.0 Å². The van der Waals surface area contributed by atoms with E-state index in [-0.39, 0.29) is 36.2 Å². The van der Waals surface area contributed by atoms with Gasteiger partial charge >= 0.3 is 6.09 Å². The third kappa shape index (κ3) is 8.54. The number of likely N-dealkylation sites (tertiary alicyclic amines) is 1. The van der Waals surface area contributed by atoms with Crippen LogP contribution in [0.25, 0.3) is 0 Å². The van der Waals surface area contributed by atoms with Crippen molar-refractivity contribution >= 4 is 35.5 Å². The molecule has 3 amide bonds. The summed E-state index contributed by atoms with van der Waals surface area (Å²) in [5, 5.41) is 5.48. The highest BCUT2D eigenvalue weighted by Gasteiger charge is 2.44. The van der Waals surface area contributed by atoms with Crippen LogP contribution < -0.4 is 10.6 Å². The maximum Gasteiger partial charge on any atom is 0.407 e. The second kappa shape index (κ2) is 14.3. The Balaban J connectivity index is 2.14. The first kappa shape index (κ1) is 29.7. The molecular formula is C27H41N3O5S. The Morgan fingerprint density at radius 1 is 1.14 bits per heavy atom. The van der Waals surface area contributed by atoms with Crippen LogP contribution in [0.2, 0.25) is 0 Å². The number of amides is 3. The molecule has 1 heterocycles. The van der Waals surface area contributed by atoms with Gasteiger partial charge in [-0.3, -0.25) is 14.4 Å². The summed E-state index contributed by atoms with van der Waals surface area (Å²) < 4.78 is 5.18. The fourth-order valence-electron chi connectivity index (χ4n) is 4.30. The number of carbonyl (C=O) groups excluding carboxylic acids is 4. The molecular weight excluding hydrogens is 478 g/mol. The Morgan fingerprint density at radius 3 is 2.39 bits per heavy atom. The molecule has 1 aliphatic heterocycles. The van der Waals surface area contributed by atoms with Gasteiger partial charge in [0.15, 0.2) is 5.78 Å². The third-order valence-corrected chi connectivity index (χ3v) is 6.84. The number of nitrogens with zero attached hydrogens (tertiary/aromatic N) is 1. The molecule has 1 aromatic carbocycles. The number of benzene rings is 1. The van der Waals surface area contributed by atoms with E-state index >= 15 is 0 Å². The van der Waals surface area contributed by atoms with Crippen molar-refractivity contribution in [2.75, 3.05) is 18.6 Å². The zero-order chi connectivity index (χ0) is 26.8. The summed E-state index contributed by atoms with van der Waals surface area (Å²) in [6.45, 7) is 9.69. The van der Waals surface area contributed by atoms with Gasteiger partial charge in [-0.25, -0.2) is 4.79 Å². The number of ketones is 1. The number of nitrogens with one attached hydrogen (secondary N) is 2. The first-order valence-electron chi connectivity index (χ1n) is 12.7. The fraction of sp³-hybridized carbons (Fsp3) is 0.630. The molecule has 1 unspecified atom stereocenters. The molecule has 2 rings (SSSR count). The Kier molecular flexibility index (Phi) is 11.8. The fourth-order valence-corrected chi connectivity index (χ4v) is 4.77. The molecule has 0 bridgehead atoms. The van der Waals surface area contributed by atoms with Crippen LogP contribution in [0.3, 0.4) is 0 Å². The van der Waals surface area contributed by atoms with E-state index in [1.54, 1.807) is 16.7 Å². The van der Waals surface area contributed by atoms with Gasteiger partial charge in [-0.05, 0) is 49.7 Å². The van der Waals surface area contributed by atoms with Crippen molar-refractivity contribution in [3.63, 3.8) is 0 Å². The van der Waals surface area contributed by atoms with Gasteiger partial charge in [0.05, 0.1) is 12.6 Å². The largest absolute Gasteiger partial charge is 0.449 e. The summed E-state index contributed by atoms with van der Waals surface area (Å²) >= 11 is 1.56. The Bertz CT molecular complexity index is 893. The van der Waals surface area contributed by atoms with Crippen molar-refractivity contribution in [3.8, 4) is 0 Å². The predicted molar refractivity (Wildman–Crippen MR) is 143 cm³/mol. The molecule has 200 valence electrons. The van der Waals surface area contributed by atoms with E-state index < -0.39 is 30.1 Å². The highest BCUT2D eigenvalue weighted by atomic mass is 32.2. The van der Waals surface area contributed by atoms with Gasteiger partial charge < -0.3 is 20.3 Å². The molecule has 8 nitrogen and oxygen atoms in total. The molecule has 0 spiro atoms. The number of hydrogen-bond donors (Lipinski definition) is 2. The van der Waals surface area contributed by atoms with Crippen LogP contribution in [0.15, 0.2) is 30.3 Å². The molecule has 1 aliphatic rings. The molecule has 9 heteroatoms. The van der Waals surface area contributed by atoms with Crippen LogP contribution in [-0.2, 0) is 25.5 Å². The van der Waals surface area contributed by atoms with E-state index in [9.17, 15) is 19.2 Å². The second-order valence-electron chi connectivity index (χ2n) is 10.1. The minimum Gasteiger partial charge on any atom is -0.449 e. The van der Waals surface area contributed by atoms with Gasteiger partial charge in [0.1, 0.15) is 12.1 Å². The van der Waals surface area contributed by atoms with Crippen molar-refractivity contribution in [2.45, 2.75) is 78.0 Å². The highest BCUT2D eigenvalue weighted by molar-refractivity contribution is 7.98. The van der Waals surface area contributed by atoms with Crippen LogP contribution in [0.5, 0.6) is 0 Å². The summed E-state index contributed by atoms with van der Waals surface area (Å²) in [4.78, 5) is 53.6. The zero-order valence-electron chi connectivity index (χ0n) is 22.3. The molecule has 1 aromatic rings. The average molecular weight is 520 g/mol. The molecule has 0 aromatic heterocycles. The zero-order valence-corrected chi connectivity index (χ0v) is 23.1. The van der Waals surface area contributed by atoms with Crippen LogP contribution in [0.4, 0.5) is 4.79 Å². The summed E-state index contributed by atoms with van der Waals surface area (Å²) in [6, 6.07) is 7.26. The maximum atomic E-state index is 13.5. The molecule has 0 saturated carbocycles. The number of Topliss-reactive ketones (excluding diaryl/α,β-unsaturated/α-hetero) is 1. The minimum atomic E-state index is -0.813. The van der Waals surface area contributed by atoms with Crippen molar-refractivity contribution in [1.29, 1.82) is 0 Å². The SMILES string of the molecule is CSCC[C@H](NC(=O)OCC(C)C)C(=O)N[C@H]1CC(C)N([C@@H](Cc2ccccc2)C(=O)C(C)C)C1=O. The number of ether oxygens (including phenoxy) is 1. The van der Waals surface area contributed by atoms with Crippen molar-refractivity contribution < 1.29 is 23.9 Å². The summed E-state index contributed by atoms with van der Waals surface area (Å²) in [5.74, 6) is -0.0892. The number of thioether (sulfide) groups is 1. The van der Waals surface area contributed by atoms with E-state index in [1.807, 2.05) is 71.2 Å². The third-order valence-electron chi connectivity index (χ3n) is 6.19. The molecule has 0 radical (unpaired) electrons. The van der Waals surface area contributed by atoms with Crippen molar-refractivity contribution in [1.82, 2.24) is 15.5 Å². The predicted octanol–water partition coefficient (Wildman–Crippen LogP) is 3.43. The quantitative estimate of drug-likeness (QED) is 0.414. The van der Waals surface area contributed by atoms with Crippen LogP contribution in [-0.4, -0.2) is 71.4 Å². The molecule has 1 saturated heterocycles. The van der Waals surface area contributed by atoms with Crippen LogP contribution in [0, 0.1) is 11.8 Å². The molecule has 0 aliphatic carbocycles. The summed E-state index contributed by atoms with van der Waals surface area (Å²) in [6.07, 6.45) is 2.50. The Hall–Kier alpha value is -2.55. The maximum absolute atomic E-state index is 13.5. The van der Waals surface area contributed by atoms with Gasteiger partial charge in [0.25, 0.3) is 0 Å². The van der Waals surface area contributed by atoms with E-state index in [1.165, 1.54) is 0 Å². The van der Waals surface area contributed by atoms with Crippen LogP contribution >= 0.6 is 11.8 Å². The number of hydrogen-bond acceptors (Lipinski definition) is 6. The lowest BCUT2D eigenvalue weighted by Gasteiger charge is -2.32. The monoisotopic (exact) mass is 519 g/mol. The molecule has 36 heavy (non-hydrogen) atoms. The lowest BCUT2D eigenvalue weighted by Crippen LogP contribution is -2.53. The normalized spacial score (nSPS) is 19.3. The number of carbonyl (C=O) groups is 4. The van der Waals surface area contributed by atoms with Gasteiger partial charge in [-0.15, -0.1) is 0 Å². The standard InChI is InChI=1S/C27H41N3O5S/c1-17(2)16-35-27(34)29-21(12-13-36-6)25(32)28-22-14-19(5)30(26(22)33)23(24(31)18(3)4)15-20-10-8-7-9-11-20/h7-11,17-19,21-23H,12-16H2,1-6H3,(H,28,32)(H,29,34)/t19?,21-,22-,23-/m0/s1.